The second-order valence-electron chi connectivity index (χ2n) is 6.60. The Kier molecular flexibility index (Phi) is 3.70. The van der Waals surface area contributed by atoms with Crippen LogP contribution in [0.4, 0.5) is 0 Å². The maximum absolute atomic E-state index is 4.57. The summed E-state index contributed by atoms with van der Waals surface area (Å²) in [6, 6.07) is 0.405. The zero-order valence-electron chi connectivity index (χ0n) is 13.3. The van der Waals surface area contributed by atoms with Gasteiger partial charge < -0.3 is 4.57 Å². The number of likely N-dealkylation sites (tertiary alicyclic amines) is 1. The summed E-state index contributed by atoms with van der Waals surface area (Å²) in [6.07, 6.45) is 9.23. The topological polar surface area (TPSA) is 62.6 Å². The molecule has 118 valence electrons. The molecule has 1 saturated heterocycles. The summed E-state index contributed by atoms with van der Waals surface area (Å²) in [4.78, 5) is 2.53. The van der Waals surface area contributed by atoms with Crippen molar-refractivity contribution in [1.82, 2.24) is 29.9 Å². The van der Waals surface area contributed by atoms with E-state index >= 15 is 0 Å². The predicted molar refractivity (Wildman–Crippen MR) is 83.3 cm³/mol. The molecule has 0 bridgehead atoms. The van der Waals surface area contributed by atoms with Gasteiger partial charge in [-0.25, -0.2) is 0 Å². The summed E-state index contributed by atoms with van der Waals surface area (Å²) in [7, 11) is 0. The van der Waals surface area contributed by atoms with Crippen molar-refractivity contribution in [2.45, 2.75) is 64.6 Å². The van der Waals surface area contributed by atoms with Gasteiger partial charge in [-0.1, -0.05) is 6.42 Å². The Morgan fingerprint density at radius 2 is 2.14 bits per heavy atom. The number of hydrogen-bond donors (Lipinski definition) is 1. The Morgan fingerprint density at radius 1 is 1.18 bits per heavy atom. The van der Waals surface area contributed by atoms with E-state index in [0.717, 1.165) is 26.1 Å². The van der Waals surface area contributed by atoms with Crippen LogP contribution in [-0.4, -0.2) is 36.4 Å². The molecular weight excluding hydrogens is 276 g/mol. The van der Waals surface area contributed by atoms with Gasteiger partial charge >= 0.3 is 0 Å². The molecule has 4 heterocycles. The molecule has 0 saturated carbocycles. The highest BCUT2D eigenvalue weighted by Gasteiger charge is 2.31. The van der Waals surface area contributed by atoms with Crippen LogP contribution in [0.5, 0.6) is 0 Å². The van der Waals surface area contributed by atoms with Crippen LogP contribution in [-0.2, 0) is 19.5 Å². The van der Waals surface area contributed by atoms with Crippen LogP contribution in [0.15, 0.2) is 6.20 Å². The highest BCUT2D eigenvalue weighted by Crippen LogP contribution is 2.33. The summed E-state index contributed by atoms with van der Waals surface area (Å²) < 4.78 is 2.40. The van der Waals surface area contributed by atoms with Gasteiger partial charge in [0.15, 0.2) is 0 Å². The second-order valence-corrected chi connectivity index (χ2v) is 6.60. The smallest absolute Gasteiger partial charge is 0.150 e. The fraction of sp³-hybridized carbons (Fsp3) is 0.688. The van der Waals surface area contributed by atoms with Gasteiger partial charge in [0.25, 0.3) is 0 Å². The Bertz CT molecular complexity index is 643. The maximum atomic E-state index is 4.57. The highest BCUT2D eigenvalue weighted by molar-refractivity contribution is 5.15. The molecule has 1 N–H and O–H groups in total. The molecule has 1 atom stereocenters. The van der Waals surface area contributed by atoms with Crippen molar-refractivity contribution in [2.75, 3.05) is 6.54 Å². The van der Waals surface area contributed by atoms with E-state index in [1.807, 2.05) is 6.20 Å². The van der Waals surface area contributed by atoms with Crippen molar-refractivity contribution in [1.29, 1.82) is 0 Å². The minimum atomic E-state index is 0.405. The van der Waals surface area contributed by atoms with Gasteiger partial charge in [0.1, 0.15) is 11.6 Å². The number of H-pyrrole nitrogens is 1. The fourth-order valence-corrected chi connectivity index (χ4v) is 3.80. The number of nitrogens with zero attached hydrogens (tertiary/aromatic N) is 5. The first-order valence-corrected chi connectivity index (χ1v) is 8.48. The number of rotatable bonds is 3. The highest BCUT2D eigenvalue weighted by atomic mass is 15.3. The lowest BCUT2D eigenvalue weighted by Crippen LogP contribution is -2.26. The first-order chi connectivity index (χ1) is 10.8. The molecule has 2 aliphatic heterocycles. The summed E-state index contributed by atoms with van der Waals surface area (Å²) >= 11 is 0. The molecule has 0 spiro atoms. The van der Waals surface area contributed by atoms with Crippen LogP contribution in [0.1, 0.15) is 61.1 Å². The van der Waals surface area contributed by atoms with E-state index in [2.05, 4.69) is 36.8 Å². The van der Waals surface area contributed by atoms with Gasteiger partial charge in [0.05, 0.1) is 17.9 Å². The van der Waals surface area contributed by atoms with E-state index < -0.39 is 0 Å². The first kappa shape index (κ1) is 13.9. The number of aromatic amines is 1. The van der Waals surface area contributed by atoms with E-state index in [1.54, 1.807) is 0 Å². The van der Waals surface area contributed by atoms with Crippen molar-refractivity contribution in [3.63, 3.8) is 0 Å². The average Bonchev–Trinajstić information content (AvgIpc) is 3.18. The van der Waals surface area contributed by atoms with Crippen molar-refractivity contribution in [3.05, 3.63) is 29.1 Å². The zero-order chi connectivity index (χ0) is 14.9. The number of nitrogens with one attached hydrogen (secondary N) is 1. The number of aryl methyl sites for hydroxylation is 2. The lowest BCUT2D eigenvalue weighted by atomic mass is 10.2. The molecule has 0 aromatic carbocycles. The molecular formula is C16H24N6. The van der Waals surface area contributed by atoms with Gasteiger partial charge in [-0.2, -0.15) is 5.10 Å². The normalized spacial score (nSPS) is 22.7. The number of hydrogen-bond acceptors (Lipinski definition) is 4. The van der Waals surface area contributed by atoms with Crippen LogP contribution in [0.2, 0.25) is 0 Å². The monoisotopic (exact) mass is 300 g/mol. The third kappa shape index (κ3) is 2.45. The summed E-state index contributed by atoms with van der Waals surface area (Å²) in [5, 5.41) is 16.3. The minimum Gasteiger partial charge on any atom is -0.314 e. The van der Waals surface area contributed by atoms with Crippen LogP contribution < -0.4 is 0 Å². The molecule has 0 amide bonds. The Balaban J connectivity index is 1.59. The molecule has 2 aromatic rings. The maximum Gasteiger partial charge on any atom is 0.150 e. The largest absolute Gasteiger partial charge is 0.314 e. The Hall–Kier alpha value is -1.69. The fourth-order valence-electron chi connectivity index (χ4n) is 3.80. The minimum absolute atomic E-state index is 0.405. The van der Waals surface area contributed by atoms with Gasteiger partial charge in [-0.15, -0.1) is 10.2 Å². The summed E-state index contributed by atoms with van der Waals surface area (Å²) in [5.41, 5.74) is 2.47. The van der Waals surface area contributed by atoms with Crippen LogP contribution in [0.3, 0.4) is 0 Å². The van der Waals surface area contributed by atoms with Gasteiger partial charge in [-0.3, -0.25) is 10.00 Å². The second kappa shape index (κ2) is 5.83. The van der Waals surface area contributed by atoms with Crippen molar-refractivity contribution in [3.8, 4) is 0 Å². The zero-order valence-corrected chi connectivity index (χ0v) is 13.3. The molecule has 1 fully saturated rings. The number of fused-ring (bicyclic) bond motifs is 1. The van der Waals surface area contributed by atoms with Gasteiger partial charge in [0, 0.05) is 19.5 Å². The SMILES string of the molecule is Cc1cn[nH]c1CN1CCCC1c1nnc2n1CCCCC2. The van der Waals surface area contributed by atoms with Crippen LogP contribution >= 0.6 is 0 Å². The Labute approximate surface area is 130 Å². The predicted octanol–water partition coefficient (Wildman–Crippen LogP) is 2.37. The van der Waals surface area contributed by atoms with E-state index in [4.69, 9.17) is 0 Å². The third-order valence-electron chi connectivity index (χ3n) is 5.09. The molecule has 22 heavy (non-hydrogen) atoms. The lowest BCUT2D eigenvalue weighted by Gasteiger charge is -2.24. The molecule has 0 radical (unpaired) electrons. The molecule has 4 rings (SSSR count). The average molecular weight is 300 g/mol. The van der Waals surface area contributed by atoms with Crippen molar-refractivity contribution >= 4 is 0 Å². The number of aromatic nitrogens is 5. The van der Waals surface area contributed by atoms with Crippen LogP contribution in [0, 0.1) is 6.92 Å². The Morgan fingerprint density at radius 3 is 3.00 bits per heavy atom. The van der Waals surface area contributed by atoms with Crippen molar-refractivity contribution < 1.29 is 0 Å². The molecule has 1 unspecified atom stereocenters. The first-order valence-electron chi connectivity index (χ1n) is 8.48. The van der Waals surface area contributed by atoms with Gasteiger partial charge in [-0.05, 0) is 44.7 Å². The van der Waals surface area contributed by atoms with Crippen molar-refractivity contribution in [2.24, 2.45) is 0 Å². The quantitative estimate of drug-likeness (QED) is 0.945. The van der Waals surface area contributed by atoms with Crippen LogP contribution in [0.25, 0.3) is 0 Å². The van der Waals surface area contributed by atoms with Gasteiger partial charge in [0.2, 0.25) is 0 Å². The van der Waals surface area contributed by atoms with E-state index in [-0.39, 0.29) is 0 Å². The lowest BCUT2D eigenvalue weighted by molar-refractivity contribution is 0.231. The summed E-state index contributed by atoms with van der Waals surface area (Å²) in [5.74, 6) is 2.38. The molecule has 0 aliphatic carbocycles. The van der Waals surface area contributed by atoms with E-state index in [0.29, 0.717) is 6.04 Å². The molecule has 6 heteroatoms. The molecule has 2 aromatic heterocycles. The summed E-state index contributed by atoms with van der Waals surface area (Å²) in [6.45, 7) is 5.27. The standard InChI is InChI=1S/C16H24N6/c1-12-10-17-18-13(12)11-21-8-5-6-14(21)16-20-19-15-7-3-2-4-9-22(15)16/h10,14H,2-9,11H2,1H3,(H,17,18). The van der Waals surface area contributed by atoms with E-state index in [9.17, 15) is 0 Å². The third-order valence-corrected chi connectivity index (χ3v) is 5.09. The van der Waals surface area contributed by atoms with E-state index in [1.165, 1.54) is 55.0 Å². The molecule has 6 nitrogen and oxygen atoms in total. The molecule has 2 aliphatic rings.